The summed E-state index contributed by atoms with van der Waals surface area (Å²) in [4.78, 5) is 15.6. The van der Waals surface area contributed by atoms with Gasteiger partial charge in [-0.15, -0.1) is 11.8 Å². The van der Waals surface area contributed by atoms with Gasteiger partial charge in [0.15, 0.2) is 0 Å². The Morgan fingerprint density at radius 1 is 1.57 bits per heavy atom. The summed E-state index contributed by atoms with van der Waals surface area (Å²) in [6, 6.07) is 1.81. The molecule has 0 fully saturated rings. The molecule has 0 amide bonds. The van der Waals surface area contributed by atoms with Crippen molar-refractivity contribution in [1.82, 2.24) is 4.98 Å². The molecule has 4 heteroatoms. The van der Waals surface area contributed by atoms with Gasteiger partial charge in [0, 0.05) is 22.0 Å². The molecule has 1 rings (SSSR count). The Morgan fingerprint density at radius 3 is 2.71 bits per heavy atom. The molecule has 0 aliphatic heterocycles. The van der Waals surface area contributed by atoms with Gasteiger partial charge < -0.3 is 5.11 Å². The molecule has 1 N–H and O–H groups in total. The number of carboxylic acids is 1. The molecule has 14 heavy (non-hydrogen) atoms. The standard InChI is InChI=1S/C10H13NO2S/c1-6(2)14-9-4-7(3)11-5-8(9)10(12)13/h4-6H,1-3H3,(H,12,13). The van der Waals surface area contributed by atoms with Crippen molar-refractivity contribution in [2.24, 2.45) is 0 Å². The van der Waals surface area contributed by atoms with E-state index in [4.69, 9.17) is 5.11 Å². The number of aromatic nitrogens is 1. The fourth-order valence-corrected chi connectivity index (χ4v) is 2.06. The third-order valence-corrected chi connectivity index (χ3v) is 2.66. The summed E-state index contributed by atoms with van der Waals surface area (Å²) >= 11 is 1.55. The monoisotopic (exact) mass is 211 g/mol. The van der Waals surface area contributed by atoms with Crippen molar-refractivity contribution in [3.63, 3.8) is 0 Å². The maximum absolute atomic E-state index is 10.9. The number of hydrogen-bond acceptors (Lipinski definition) is 3. The number of pyridine rings is 1. The van der Waals surface area contributed by atoms with E-state index in [-0.39, 0.29) is 5.56 Å². The first-order chi connectivity index (χ1) is 6.50. The van der Waals surface area contributed by atoms with Gasteiger partial charge >= 0.3 is 5.97 Å². The van der Waals surface area contributed by atoms with Crippen molar-refractivity contribution in [1.29, 1.82) is 0 Å². The van der Waals surface area contributed by atoms with Crippen LogP contribution in [0.4, 0.5) is 0 Å². The highest BCUT2D eigenvalue weighted by atomic mass is 32.2. The molecular weight excluding hydrogens is 198 g/mol. The van der Waals surface area contributed by atoms with Crippen LogP contribution in [-0.4, -0.2) is 21.3 Å². The average Bonchev–Trinajstić information content (AvgIpc) is 2.01. The predicted octanol–water partition coefficient (Wildman–Crippen LogP) is 2.59. The molecule has 0 spiro atoms. The molecule has 0 bridgehead atoms. The first-order valence-corrected chi connectivity index (χ1v) is 5.25. The quantitative estimate of drug-likeness (QED) is 0.781. The van der Waals surface area contributed by atoms with E-state index in [0.29, 0.717) is 5.25 Å². The van der Waals surface area contributed by atoms with Crippen LogP contribution < -0.4 is 0 Å². The van der Waals surface area contributed by atoms with Gasteiger partial charge in [-0.1, -0.05) is 13.8 Å². The molecule has 1 aromatic rings. The summed E-state index contributed by atoms with van der Waals surface area (Å²) in [5, 5.41) is 9.29. The third kappa shape index (κ3) is 2.73. The van der Waals surface area contributed by atoms with Crippen molar-refractivity contribution < 1.29 is 9.90 Å². The van der Waals surface area contributed by atoms with Gasteiger partial charge in [0.2, 0.25) is 0 Å². The van der Waals surface area contributed by atoms with Crippen molar-refractivity contribution >= 4 is 17.7 Å². The van der Waals surface area contributed by atoms with Crippen LogP contribution in [0, 0.1) is 6.92 Å². The first kappa shape index (κ1) is 11.0. The van der Waals surface area contributed by atoms with E-state index < -0.39 is 5.97 Å². The Labute approximate surface area is 87.6 Å². The third-order valence-electron chi connectivity index (χ3n) is 1.60. The van der Waals surface area contributed by atoms with Crippen LogP contribution in [0.1, 0.15) is 29.9 Å². The van der Waals surface area contributed by atoms with E-state index in [1.165, 1.54) is 6.20 Å². The van der Waals surface area contributed by atoms with Gasteiger partial charge in [-0.05, 0) is 13.0 Å². The Kier molecular flexibility index (Phi) is 3.52. The van der Waals surface area contributed by atoms with Crippen molar-refractivity contribution in [3.05, 3.63) is 23.5 Å². The zero-order chi connectivity index (χ0) is 10.7. The normalized spacial score (nSPS) is 10.6. The minimum absolute atomic E-state index is 0.286. The predicted molar refractivity (Wildman–Crippen MR) is 56.9 cm³/mol. The number of rotatable bonds is 3. The summed E-state index contributed by atoms with van der Waals surface area (Å²) in [5.41, 5.74) is 1.13. The Morgan fingerprint density at radius 2 is 2.21 bits per heavy atom. The summed E-state index contributed by atoms with van der Waals surface area (Å²) in [5.74, 6) is -0.916. The Bertz CT molecular complexity index is 350. The number of aryl methyl sites for hydroxylation is 1. The highest BCUT2D eigenvalue weighted by Crippen LogP contribution is 2.26. The van der Waals surface area contributed by atoms with E-state index in [9.17, 15) is 4.79 Å². The van der Waals surface area contributed by atoms with E-state index in [2.05, 4.69) is 4.98 Å². The summed E-state index contributed by atoms with van der Waals surface area (Å²) in [6.07, 6.45) is 1.42. The lowest BCUT2D eigenvalue weighted by Gasteiger charge is -2.08. The molecule has 0 atom stereocenters. The molecule has 0 aliphatic rings. The number of nitrogens with zero attached hydrogens (tertiary/aromatic N) is 1. The molecule has 3 nitrogen and oxygen atoms in total. The second kappa shape index (κ2) is 4.46. The summed E-state index contributed by atoms with van der Waals surface area (Å²) < 4.78 is 0. The van der Waals surface area contributed by atoms with Gasteiger partial charge in [0.25, 0.3) is 0 Å². The summed E-state index contributed by atoms with van der Waals surface area (Å²) in [7, 11) is 0. The lowest BCUT2D eigenvalue weighted by atomic mass is 10.2. The van der Waals surface area contributed by atoms with Crippen LogP contribution in [0.2, 0.25) is 0 Å². The number of carboxylic acid groups (broad SMARTS) is 1. The van der Waals surface area contributed by atoms with E-state index in [1.54, 1.807) is 11.8 Å². The SMILES string of the molecule is Cc1cc(SC(C)C)c(C(=O)O)cn1. The second-order valence-corrected chi connectivity index (χ2v) is 4.91. The summed E-state index contributed by atoms with van der Waals surface area (Å²) in [6.45, 7) is 5.92. The van der Waals surface area contributed by atoms with Crippen LogP contribution in [0.3, 0.4) is 0 Å². The zero-order valence-electron chi connectivity index (χ0n) is 8.44. The lowest BCUT2D eigenvalue weighted by Crippen LogP contribution is -2.02. The number of carbonyl (C=O) groups is 1. The van der Waals surface area contributed by atoms with Crippen LogP contribution in [0.15, 0.2) is 17.2 Å². The van der Waals surface area contributed by atoms with Crippen molar-refractivity contribution in [2.75, 3.05) is 0 Å². The van der Waals surface area contributed by atoms with E-state index in [1.807, 2.05) is 26.8 Å². The zero-order valence-corrected chi connectivity index (χ0v) is 9.26. The van der Waals surface area contributed by atoms with Gasteiger partial charge in [-0.25, -0.2) is 4.79 Å². The topological polar surface area (TPSA) is 50.2 Å². The molecule has 1 aromatic heterocycles. The smallest absolute Gasteiger partial charge is 0.338 e. The van der Waals surface area contributed by atoms with Crippen molar-refractivity contribution in [2.45, 2.75) is 30.9 Å². The largest absolute Gasteiger partial charge is 0.478 e. The average molecular weight is 211 g/mol. The molecule has 0 saturated heterocycles. The lowest BCUT2D eigenvalue weighted by molar-refractivity contribution is 0.0692. The number of aromatic carboxylic acids is 1. The van der Waals surface area contributed by atoms with Gasteiger partial charge in [0.1, 0.15) is 0 Å². The minimum atomic E-state index is -0.916. The molecule has 0 radical (unpaired) electrons. The van der Waals surface area contributed by atoms with Gasteiger partial charge in [-0.3, -0.25) is 4.98 Å². The molecule has 0 aromatic carbocycles. The molecule has 0 aliphatic carbocycles. The second-order valence-electron chi connectivity index (χ2n) is 3.29. The number of thioether (sulfide) groups is 1. The van der Waals surface area contributed by atoms with Crippen molar-refractivity contribution in [3.8, 4) is 0 Å². The minimum Gasteiger partial charge on any atom is -0.478 e. The molecule has 0 saturated carbocycles. The van der Waals surface area contributed by atoms with Gasteiger partial charge in [0.05, 0.1) is 5.56 Å². The fourth-order valence-electron chi connectivity index (χ4n) is 1.05. The van der Waals surface area contributed by atoms with Crippen LogP contribution in [0.25, 0.3) is 0 Å². The molecule has 76 valence electrons. The van der Waals surface area contributed by atoms with Crippen LogP contribution >= 0.6 is 11.8 Å². The maximum Gasteiger partial charge on any atom is 0.338 e. The van der Waals surface area contributed by atoms with Crippen LogP contribution in [-0.2, 0) is 0 Å². The van der Waals surface area contributed by atoms with E-state index >= 15 is 0 Å². The molecular formula is C10H13NO2S. The maximum atomic E-state index is 10.9. The van der Waals surface area contributed by atoms with E-state index in [0.717, 1.165) is 10.6 Å². The first-order valence-electron chi connectivity index (χ1n) is 4.37. The highest BCUT2D eigenvalue weighted by Gasteiger charge is 2.12. The number of hydrogen-bond donors (Lipinski definition) is 1. The van der Waals surface area contributed by atoms with Gasteiger partial charge in [-0.2, -0.15) is 0 Å². The molecule has 1 heterocycles. The Balaban J connectivity index is 3.09. The Hall–Kier alpha value is -1.03. The fraction of sp³-hybridized carbons (Fsp3) is 0.400. The molecule has 0 unspecified atom stereocenters. The van der Waals surface area contributed by atoms with Crippen LogP contribution in [0.5, 0.6) is 0 Å². The highest BCUT2D eigenvalue weighted by molar-refractivity contribution is 8.00.